The van der Waals surface area contributed by atoms with Gasteiger partial charge >= 0.3 is 0 Å². The first-order valence-electron chi connectivity index (χ1n) is 7.41. The number of nitrogens with one attached hydrogen (secondary N) is 1. The predicted octanol–water partition coefficient (Wildman–Crippen LogP) is 1.48. The third-order valence-electron chi connectivity index (χ3n) is 3.50. The largest absolute Gasteiger partial charge is 0.472 e. The van der Waals surface area contributed by atoms with Gasteiger partial charge in [0.25, 0.3) is 5.91 Å². The van der Waals surface area contributed by atoms with Crippen LogP contribution in [0.2, 0.25) is 0 Å². The maximum atomic E-state index is 12.0. The van der Waals surface area contributed by atoms with E-state index < -0.39 is 0 Å². The van der Waals surface area contributed by atoms with Crippen LogP contribution in [0.4, 0.5) is 0 Å². The van der Waals surface area contributed by atoms with E-state index in [9.17, 15) is 4.79 Å². The number of pyridine rings is 1. The van der Waals surface area contributed by atoms with Crippen molar-refractivity contribution in [2.24, 2.45) is 0 Å². The third kappa shape index (κ3) is 3.85. The Labute approximate surface area is 129 Å². The quantitative estimate of drug-likeness (QED) is 0.878. The fraction of sp³-hybridized carbons (Fsp3) is 0.375. The van der Waals surface area contributed by atoms with Gasteiger partial charge in [-0.15, -0.1) is 0 Å². The van der Waals surface area contributed by atoms with Gasteiger partial charge in [-0.3, -0.25) is 4.79 Å². The van der Waals surface area contributed by atoms with Crippen LogP contribution in [0.3, 0.4) is 0 Å². The number of carbonyl (C=O) groups is 1. The highest BCUT2D eigenvalue weighted by atomic mass is 16.5. The second kappa shape index (κ2) is 7.09. The molecule has 6 nitrogen and oxygen atoms in total. The molecule has 3 heterocycles. The van der Waals surface area contributed by atoms with Crippen LogP contribution < -0.4 is 10.1 Å². The summed E-state index contributed by atoms with van der Waals surface area (Å²) in [5, 5.41) is 2.87. The fourth-order valence-electron chi connectivity index (χ4n) is 2.28. The van der Waals surface area contributed by atoms with Crippen LogP contribution in [-0.2, 0) is 11.3 Å². The average molecular weight is 301 g/mol. The summed E-state index contributed by atoms with van der Waals surface area (Å²) in [5.41, 5.74) is 0.530. The van der Waals surface area contributed by atoms with Crippen molar-refractivity contribution in [1.29, 1.82) is 0 Å². The van der Waals surface area contributed by atoms with Gasteiger partial charge in [-0.1, -0.05) is 0 Å². The van der Waals surface area contributed by atoms with Crippen molar-refractivity contribution in [1.82, 2.24) is 14.9 Å². The van der Waals surface area contributed by atoms with Gasteiger partial charge in [0.15, 0.2) is 0 Å². The summed E-state index contributed by atoms with van der Waals surface area (Å²) < 4.78 is 12.9. The SMILES string of the molecule is O=C(NCCn1cccc1)c1ccc(OC2CCOC2)nc1. The van der Waals surface area contributed by atoms with E-state index in [-0.39, 0.29) is 12.0 Å². The molecule has 2 aromatic heterocycles. The summed E-state index contributed by atoms with van der Waals surface area (Å²) in [6, 6.07) is 7.36. The predicted molar refractivity (Wildman–Crippen MR) is 80.9 cm³/mol. The summed E-state index contributed by atoms with van der Waals surface area (Å²) in [4.78, 5) is 16.2. The first kappa shape index (κ1) is 14.6. The zero-order valence-electron chi connectivity index (χ0n) is 12.3. The number of amides is 1. The van der Waals surface area contributed by atoms with Crippen LogP contribution in [0, 0.1) is 0 Å². The van der Waals surface area contributed by atoms with Crippen LogP contribution in [0.25, 0.3) is 0 Å². The minimum absolute atomic E-state index is 0.0637. The van der Waals surface area contributed by atoms with Crippen molar-refractivity contribution < 1.29 is 14.3 Å². The average Bonchev–Trinajstić information content (AvgIpc) is 3.21. The van der Waals surface area contributed by atoms with Crippen molar-refractivity contribution in [3.05, 3.63) is 48.4 Å². The molecule has 0 radical (unpaired) electrons. The Morgan fingerprint density at radius 1 is 1.41 bits per heavy atom. The zero-order chi connectivity index (χ0) is 15.2. The van der Waals surface area contributed by atoms with Gasteiger partial charge in [0.05, 0.1) is 18.8 Å². The van der Waals surface area contributed by atoms with E-state index in [0.717, 1.165) is 19.6 Å². The number of aromatic nitrogens is 2. The van der Waals surface area contributed by atoms with E-state index >= 15 is 0 Å². The van der Waals surface area contributed by atoms with Crippen molar-refractivity contribution in [2.75, 3.05) is 19.8 Å². The summed E-state index contributed by atoms with van der Waals surface area (Å²) in [5.74, 6) is 0.398. The molecule has 1 N–H and O–H groups in total. The first-order valence-corrected chi connectivity index (χ1v) is 7.41. The van der Waals surface area contributed by atoms with E-state index in [2.05, 4.69) is 10.3 Å². The third-order valence-corrected chi connectivity index (χ3v) is 3.50. The number of rotatable bonds is 6. The van der Waals surface area contributed by atoms with Crippen LogP contribution in [0.5, 0.6) is 5.88 Å². The topological polar surface area (TPSA) is 65.4 Å². The van der Waals surface area contributed by atoms with Crippen molar-refractivity contribution >= 4 is 5.91 Å². The molecule has 3 rings (SSSR count). The molecule has 2 aromatic rings. The van der Waals surface area contributed by atoms with E-state index in [1.807, 2.05) is 29.1 Å². The van der Waals surface area contributed by atoms with Crippen LogP contribution in [0.1, 0.15) is 16.8 Å². The number of ether oxygens (including phenoxy) is 2. The molecule has 22 heavy (non-hydrogen) atoms. The summed E-state index contributed by atoms with van der Waals surface area (Å²) in [6.07, 6.45) is 6.41. The Morgan fingerprint density at radius 2 is 2.27 bits per heavy atom. The summed E-state index contributed by atoms with van der Waals surface area (Å²) in [7, 11) is 0. The molecular formula is C16H19N3O3. The molecule has 6 heteroatoms. The molecule has 1 fully saturated rings. The van der Waals surface area contributed by atoms with Crippen molar-refractivity contribution in [3.63, 3.8) is 0 Å². The standard InChI is InChI=1S/C16H19N3O3/c20-16(17-6-9-19-7-1-2-8-19)13-3-4-15(18-11-13)22-14-5-10-21-12-14/h1-4,7-8,11,14H,5-6,9-10,12H2,(H,17,20). The van der Waals surface area contributed by atoms with Gasteiger partial charge in [0.2, 0.25) is 5.88 Å². The van der Waals surface area contributed by atoms with E-state index in [4.69, 9.17) is 9.47 Å². The monoisotopic (exact) mass is 301 g/mol. The Hall–Kier alpha value is -2.34. The lowest BCUT2D eigenvalue weighted by Gasteiger charge is -2.11. The Morgan fingerprint density at radius 3 is 2.95 bits per heavy atom. The first-order chi connectivity index (χ1) is 10.8. The smallest absolute Gasteiger partial charge is 0.252 e. The van der Waals surface area contributed by atoms with Gasteiger partial charge in [-0.2, -0.15) is 0 Å². The Kier molecular flexibility index (Phi) is 4.70. The van der Waals surface area contributed by atoms with Crippen LogP contribution >= 0.6 is 0 Å². The molecule has 1 unspecified atom stereocenters. The van der Waals surface area contributed by atoms with Crippen LogP contribution in [-0.4, -0.2) is 41.3 Å². The molecule has 1 atom stereocenters. The molecule has 1 amide bonds. The number of hydrogen-bond donors (Lipinski definition) is 1. The van der Waals surface area contributed by atoms with Gasteiger partial charge in [-0.25, -0.2) is 4.98 Å². The number of nitrogens with zero attached hydrogens (tertiary/aromatic N) is 2. The maximum Gasteiger partial charge on any atom is 0.252 e. The highest BCUT2D eigenvalue weighted by Crippen LogP contribution is 2.14. The highest BCUT2D eigenvalue weighted by molar-refractivity contribution is 5.93. The minimum atomic E-state index is -0.129. The molecule has 0 saturated carbocycles. The van der Waals surface area contributed by atoms with E-state index in [0.29, 0.717) is 24.6 Å². The lowest BCUT2D eigenvalue weighted by molar-refractivity contribution is 0.0951. The fourth-order valence-corrected chi connectivity index (χ4v) is 2.28. The molecule has 0 aromatic carbocycles. The molecule has 116 valence electrons. The molecule has 0 aliphatic carbocycles. The molecule has 0 spiro atoms. The lowest BCUT2D eigenvalue weighted by atomic mass is 10.2. The van der Waals surface area contributed by atoms with Gasteiger partial charge in [-0.05, 0) is 18.2 Å². The Bertz CT molecular complexity index is 590. The van der Waals surface area contributed by atoms with Crippen LogP contribution in [0.15, 0.2) is 42.9 Å². The molecule has 1 aliphatic heterocycles. The zero-order valence-corrected chi connectivity index (χ0v) is 12.3. The minimum Gasteiger partial charge on any atom is -0.472 e. The van der Waals surface area contributed by atoms with Crippen molar-refractivity contribution in [2.45, 2.75) is 19.1 Å². The maximum absolute atomic E-state index is 12.0. The van der Waals surface area contributed by atoms with Gasteiger partial charge < -0.3 is 19.4 Å². The highest BCUT2D eigenvalue weighted by Gasteiger charge is 2.17. The molecule has 1 aliphatic rings. The molecule has 1 saturated heterocycles. The Balaban J connectivity index is 1.47. The second-order valence-electron chi connectivity index (χ2n) is 5.17. The van der Waals surface area contributed by atoms with Gasteiger partial charge in [0, 0.05) is 44.2 Å². The number of hydrogen-bond acceptors (Lipinski definition) is 4. The second-order valence-corrected chi connectivity index (χ2v) is 5.17. The van der Waals surface area contributed by atoms with E-state index in [1.165, 1.54) is 6.20 Å². The number of carbonyl (C=O) groups excluding carboxylic acids is 1. The molecular weight excluding hydrogens is 282 g/mol. The van der Waals surface area contributed by atoms with Gasteiger partial charge in [0.1, 0.15) is 6.10 Å². The summed E-state index contributed by atoms with van der Waals surface area (Å²) >= 11 is 0. The van der Waals surface area contributed by atoms with E-state index in [1.54, 1.807) is 12.1 Å². The molecule has 0 bridgehead atoms. The lowest BCUT2D eigenvalue weighted by Crippen LogP contribution is -2.27. The van der Waals surface area contributed by atoms with Crippen molar-refractivity contribution in [3.8, 4) is 5.88 Å². The normalized spacial score (nSPS) is 17.4. The summed E-state index contributed by atoms with van der Waals surface area (Å²) in [6.45, 7) is 2.65.